The summed E-state index contributed by atoms with van der Waals surface area (Å²) in [6.45, 7) is 1.97. The van der Waals surface area contributed by atoms with Gasteiger partial charge < -0.3 is 19.3 Å². The number of ether oxygens (including phenoxy) is 3. The van der Waals surface area contributed by atoms with Crippen molar-refractivity contribution in [1.82, 2.24) is 0 Å². The Morgan fingerprint density at radius 3 is 2.55 bits per heavy atom. The Morgan fingerprint density at radius 2 is 1.86 bits per heavy atom. The molecule has 0 aliphatic carbocycles. The molecule has 0 saturated heterocycles. The Bertz CT molecular complexity index is 613. The van der Waals surface area contributed by atoms with E-state index in [0.29, 0.717) is 8.58 Å². The smallest absolute Gasteiger partial charge is 0.188 e. The predicted molar refractivity (Wildman–Crippen MR) is 90.2 cm³/mol. The molecule has 118 valence electrons. The van der Waals surface area contributed by atoms with Crippen LogP contribution in [0.25, 0.3) is 0 Å². The molecule has 0 bridgehead atoms. The minimum Gasteiger partial charge on any atom is -0.497 e. The standard InChI is InChI=1S/C17H21O4P/c1-12(18)14-6-4-5-7-16(14)22-17-10-13(20-3)8-9-15(17)21-11-19-2/h4-10,12,18,22H,11H2,1-3H3. The van der Waals surface area contributed by atoms with E-state index in [1.807, 2.05) is 42.5 Å². The van der Waals surface area contributed by atoms with Crippen LogP contribution in [0.3, 0.4) is 0 Å². The van der Waals surface area contributed by atoms with E-state index in [2.05, 4.69) is 0 Å². The average Bonchev–Trinajstić information content (AvgIpc) is 2.54. The van der Waals surface area contributed by atoms with Crippen molar-refractivity contribution in [2.24, 2.45) is 0 Å². The first-order valence-corrected chi connectivity index (χ1v) is 7.99. The number of aliphatic hydroxyl groups is 1. The van der Waals surface area contributed by atoms with Gasteiger partial charge >= 0.3 is 0 Å². The van der Waals surface area contributed by atoms with E-state index in [9.17, 15) is 5.11 Å². The summed E-state index contributed by atoms with van der Waals surface area (Å²) in [5.74, 6) is 1.54. The number of rotatable bonds is 7. The maximum absolute atomic E-state index is 9.92. The maximum atomic E-state index is 9.92. The molecular formula is C17H21O4P. The molecular weight excluding hydrogens is 299 g/mol. The van der Waals surface area contributed by atoms with E-state index in [4.69, 9.17) is 14.2 Å². The lowest BCUT2D eigenvalue weighted by Gasteiger charge is -2.15. The summed E-state index contributed by atoms with van der Waals surface area (Å²) in [4.78, 5) is 0. The molecule has 5 heteroatoms. The molecule has 0 amide bonds. The number of benzene rings is 2. The first-order chi connectivity index (χ1) is 10.7. The largest absolute Gasteiger partial charge is 0.497 e. The lowest BCUT2D eigenvalue weighted by atomic mass is 10.1. The van der Waals surface area contributed by atoms with Gasteiger partial charge in [0.15, 0.2) is 6.79 Å². The van der Waals surface area contributed by atoms with Gasteiger partial charge in [-0.2, -0.15) is 0 Å². The van der Waals surface area contributed by atoms with Gasteiger partial charge in [0.2, 0.25) is 0 Å². The van der Waals surface area contributed by atoms with Gasteiger partial charge in [-0.3, -0.25) is 0 Å². The third kappa shape index (κ3) is 4.20. The molecule has 0 saturated carbocycles. The highest BCUT2D eigenvalue weighted by Crippen LogP contribution is 2.26. The quantitative estimate of drug-likeness (QED) is 0.628. The summed E-state index contributed by atoms with van der Waals surface area (Å²) in [6.07, 6.45) is -0.502. The van der Waals surface area contributed by atoms with Gasteiger partial charge in [-0.05, 0) is 36.0 Å². The van der Waals surface area contributed by atoms with Crippen LogP contribution in [0.15, 0.2) is 42.5 Å². The van der Waals surface area contributed by atoms with Gasteiger partial charge in [0, 0.05) is 12.4 Å². The second kappa shape index (κ2) is 8.14. The summed E-state index contributed by atoms with van der Waals surface area (Å²) in [6, 6.07) is 13.6. The minimum atomic E-state index is -0.502. The highest BCUT2D eigenvalue weighted by molar-refractivity contribution is 7.55. The van der Waals surface area contributed by atoms with Gasteiger partial charge in [-0.25, -0.2) is 0 Å². The van der Waals surface area contributed by atoms with Crippen LogP contribution in [-0.2, 0) is 4.74 Å². The van der Waals surface area contributed by atoms with Crippen molar-refractivity contribution in [3.05, 3.63) is 48.0 Å². The second-order valence-electron chi connectivity index (χ2n) is 4.80. The highest BCUT2D eigenvalue weighted by atomic mass is 31.1. The Kier molecular flexibility index (Phi) is 6.20. The van der Waals surface area contributed by atoms with E-state index >= 15 is 0 Å². The fourth-order valence-corrected chi connectivity index (χ4v) is 3.50. The molecule has 0 radical (unpaired) electrons. The fraction of sp³-hybridized carbons (Fsp3) is 0.294. The molecule has 2 atom stereocenters. The summed E-state index contributed by atoms with van der Waals surface area (Å²) in [5.41, 5.74) is 0.932. The first-order valence-electron chi connectivity index (χ1n) is 6.99. The molecule has 22 heavy (non-hydrogen) atoms. The summed E-state index contributed by atoms with van der Waals surface area (Å²) >= 11 is 0. The lowest BCUT2D eigenvalue weighted by molar-refractivity contribution is 0.0519. The molecule has 2 aromatic rings. The van der Waals surface area contributed by atoms with Crippen LogP contribution in [0, 0.1) is 0 Å². The van der Waals surface area contributed by atoms with Crippen molar-refractivity contribution in [2.45, 2.75) is 13.0 Å². The number of hydrogen-bond acceptors (Lipinski definition) is 4. The van der Waals surface area contributed by atoms with Crippen molar-refractivity contribution in [1.29, 1.82) is 0 Å². The highest BCUT2D eigenvalue weighted by Gasteiger charge is 2.12. The van der Waals surface area contributed by atoms with E-state index in [0.717, 1.165) is 27.7 Å². The van der Waals surface area contributed by atoms with Gasteiger partial charge in [0.25, 0.3) is 0 Å². The maximum Gasteiger partial charge on any atom is 0.188 e. The molecule has 0 spiro atoms. The van der Waals surface area contributed by atoms with Crippen LogP contribution >= 0.6 is 8.58 Å². The Labute approximate surface area is 132 Å². The Balaban J connectivity index is 2.34. The molecule has 4 nitrogen and oxygen atoms in total. The van der Waals surface area contributed by atoms with Crippen LogP contribution in [-0.4, -0.2) is 26.1 Å². The minimum absolute atomic E-state index is 0.196. The zero-order chi connectivity index (χ0) is 15.9. The van der Waals surface area contributed by atoms with Crippen LogP contribution in [0.5, 0.6) is 11.5 Å². The van der Waals surface area contributed by atoms with Crippen LogP contribution in [0.4, 0.5) is 0 Å². The van der Waals surface area contributed by atoms with Crippen molar-refractivity contribution < 1.29 is 19.3 Å². The number of methoxy groups -OCH3 is 2. The molecule has 1 N–H and O–H groups in total. The average molecular weight is 320 g/mol. The van der Waals surface area contributed by atoms with E-state index in [1.54, 1.807) is 21.1 Å². The predicted octanol–water partition coefficient (Wildman–Crippen LogP) is 2.36. The molecule has 0 fully saturated rings. The molecule has 0 aliphatic rings. The second-order valence-corrected chi connectivity index (χ2v) is 6.13. The molecule has 2 rings (SSSR count). The number of aliphatic hydroxyl groups excluding tert-OH is 1. The van der Waals surface area contributed by atoms with E-state index in [1.165, 1.54) is 0 Å². The monoisotopic (exact) mass is 320 g/mol. The van der Waals surface area contributed by atoms with Crippen LogP contribution in [0.1, 0.15) is 18.6 Å². The first kappa shape index (κ1) is 16.8. The zero-order valence-corrected chi connectivity index (χ0v) is 14.0. The summed E-state index contributed by atoms with van der Waals surface area (Å²) in [7, 11) is 3.59. The van der Waals surface area contributed by atoms with Crippen molar-refractivity contribution >= 4 is 19.2 Å². The van der Waals surface area contributed by atoms with Crippen LogP contribution < -0.4 is 20.1 Å². The normalized spacial score (nSPS) is 12.5. The molecule has 0 heterocycles. The van der Waals surface area contributed by atoms with Gasteiger partial charge in [-0.15, -0.1) is 0 Å². The molecule has 0 aromatic heterocycles. The Morgan fingerprint density at radius 1 is 1.09 bits per heavy atom. The van der Waals surface area contributed by atoms with Crippen molar-refractivity contribution in [2.75, 3.05) is 21.0 Å². The molecule has 2 aromatic carbocycles. The third-order valence-electron chi connectivity index (χ3n) is 3.20. The SMILES string of the molecule is COCOc1ccc(OC)cc1Pc1ccccc1C(C)O. The lowest BCUT2D eigenvalue weighted by Crippen LogP contribution is -2.14. The summed E-state index contributed by atoms with van der Waals surface area (Å²) < 4.78 is 15.9. The van der Waals surface area contributed by atoms with E-state index < -0.39 is 6.10 Å². The summed E-state index contributed by atoms with van der Waals surface area (Å²) in [5, 5.41) is 12.0. The molecule has 2 unspecified atom stereocenters. The number of hydrogen-bond donors (Lipinski definition) is 1. The molecule has 0 aliphatic heterocycles. The van der Waals surface area contributed by atoms with Gasteiger partial charge in [0.05, 0.1) is 13.2 Å². The van der Waals surface area contributed by atoms with Crippen molar-refractivity contribution in [3.8, 4) is 11.5 Å². The fourth-order valence-electron chi connectivity index (χ4n) is 2.10. The van der Waals surface area contributed by atoms with Gasteiger partial charge in [-0.1, -0.05) is 32.8 Å². The zero-order valence-electron chi connectivity index (χ0n) is 13.0. The van der Waals surface area contributed by atoms with Gasteiger partial charge in [0.1, 0.15) is 11.5 Å². The van der Waals surface area contributed by atoms with Crippen LogP contribution in [0.2, 0.25) is 0 Å². The Hall–Kier alpha value is -1.61. The third-order valence-corrected chi connectivity index (χ3v) is 4.58. The van der Waals surface area contributed by atoms with E-state index in [-0.39, 0.29) is 6.79 Å². The topological polar surface area (TPSA) is 47.9 Å². The van der Waals surface area contributed by atoms with Crippen molar-refractivity contribution in [3.63, 3.8) is 0 Å².